The second-order valence-corrected chi connectivity index (χ2v) is 19.3. The van der Waals surface area contributed by atoms with Gasteiger partial charge in [0.05, 0.1) is 13.2 Å². The highest BCUT2D eigenvalue weighted by Gasteiger charge is 2.23. The third-order valence-corrected chi connectivity index (χ3v) is 12.8. The van der Waals surface area contributed by atoms with Crippen molar-refractivity contribution in [3.05, 3.63) is 0 Å². The quantitative estimate of drug-likeness (QED) is 0.0313. The van der Waals surface area contributed by atoms with E-state index in [-0.39, 0.29) is 25.7 Å². The fourth-order valence-corrected chi connectivity index (χ4v) is 8.61. The maximum Gasteiger partial charge on any atom is 0.472 e. The number of ether oxygens (including phenoxy) is 1. The number of amides is 1. The third kappa shape index (κ3) is 48.0. The van der Waals surface area contributed by atoms with Crippen LogP contribution in [0.5, 0.6) is 0 Å². The number of aliphatic hydroxyl groups is 1. The van der Waals surface area contributed by atoms with Crippen LogP contribution in [-0.4, -0.2) is 54.3 Å². The zero-order chi connectivity index (χ0) is 43.9. The van der Waals surface area contributed by atoms with Crippen molar-refractivity contribution in [2.24, 2.45) is 0 Å². The van der Waals surface area contributed by atoms with E-state index < -0.39 is 26.5 Å². The highest BCUT2D eigenvalue weighted by Crippen LogP contribution is 2.42. The lowest BCUT2D eigenvalue weighted by Crippen LogP contribution is -2.27. The summed E-state index contributed by atoms with van der Waals surface area (Å²) in [6, 6.07) is 0. The van der Waals surface area contributed by atoms with Crippen LogP contribution in [0.4, 0.5) is 0 Å². The van der Waals surface area contributed by atoms with Crippen LogP contribution in [0, 0.1) is 0 Å². The Labute approximate surface area is 371 Å². The first kappa shape index (κ1) is 59.0. The molecular weight excluding hydrogens is 774 g/mol. The maximum absolute atomic E-state index is 12.1. The lowest BCUT2D eigenvalue weighted by Gasteiger charge is -2.15. The van der Waals surface area contributed by atoms with Gasteiger partial charge in [0, 0.05) is 19.4 Å². The van der Waals surface area contributed by atoms with Crippen molar-refractivity contribution in [2.45, 2.75) is 283 Å². The molecule has 0 aliphatic heterocycles. The molecule has 10 heteroatoms. The molecule has 2 unspecified atom stereocenters. The molecule has 0 fully saturated rings. The van der Waals surface area contributed by atoms with Gasteiger partial charge in [0.2, 0.25) is 5.91 Å². The van der Waals surface area contributed by atoms with Gasteiger partial charge in [0.1, 0.15) is 12.7 Å². The van der Waals surface area contributed by atoms with Gasteiger partial charge >= 0.3 is 13.8 Å². The Balaban J connectivity index is 3.49. The van der Waals surface area contributed by atoms with Gasteiger partial charge in [-0.1, -0.05) is 251 Å². The van der Waals surface area contributed by atoms with Crippen LogP contribution in [0.25, 0.3) is 0 Å². The molecule has 0 radical (unpaired) electrons. The first-order valence-electron chi connectivity index (χ1n) is 26.0. The van der Waals surface area contributed by atoms with Crippen molar-refractivity contribution in [3.63, 3.8) is 0 Å². The van der Waals surface area contributed by atoms with E-state index in [0.29, 0.717) is 12.8 Å². The van der Waals surface area contributed by atoms with Crippen LogP contribution in [0.15, 0.2) is 0 Å². The van der Waals surface area contributed by atoms with E-state index >= 15 is 0 Å². The van der Waals surface area contributed by atoms with Crippen molar-refractivity contribution >= 4 is 19.7 Å². The maximum atomic E-state index is 12.1. The Hall–Kier alpha value is -0.990. The predicted octanol–water partition coefficient (Wildman–Crippen LogP) is 15.2. The lowest BCUT2D eigenvalue weighted by molar-refractivity contribution is -0.147. The second-order valence-electron chi connectivity index (χ2n) is 17.9. The molecule has 9 nitrogen and oxygen atoms in total. The molecule has 2 atom stereocenters. The molecule has 0 saturated heterocycles. The number of rotatable bonds is 50. The van der Waals surface area contributed by atoms with Gasteiger partial charge in [-0.25, -0.2) is 4.57 Å². The number of carbonyl (C=O) groups excluding carboxylic acids is 2. The van der Waals surface area contributed by atoms with E-state index in [0.717, 1.165) is 38.5 Å². The standard InChI is InChI=1S/C50H100NO8P/c1-3-5-7-9-11-13-15-17-19-21-23-24-25-26-28-30-32-34-36-38-40-42-49(53)51-44-45-58-60(55,56)59-47-48(52)46-57-50(54)43-41-39-37-35-33-31-29-27-22-20-18-16-14-12-10-8-6-4-2/h48,52H,3-47H2,1-2H3,(H,51,53)(H,55,56). The molecule has 0 aliphatic carbocycles. The van der Waals surface area contributed by atoms with E-state index in [4.69, 9.17) is 13.8 Å². The minimum atomic E-state index is -4.41. The molecule has 0 aliphatic rings. The van der Waals surface area contributed by atoms with Crippen LogP contribution in [0.1, 0.15) is 277 Å². The number of hydrogen-bond acceptors (Lipinski definition) is 7. The second kappa shape index (κ2) is 47.5. The van der Waals surface area contributed by atoms with Crippen molar-refractivity contribution in [1.29, 1.82) is 0 Å². The van der Waals surface area contributed by atoms with Gasteiger partial charge in [-0.05, 0) is 12.8 Å². The summed E-state index contributed by atoms with van der Waals surface area (Å²) < 4.78 is 27.0. The summed E-state index contributed by atoms with van der Waals surface area (Å²) in [6.45, 7) is 3.63. The molecule has 1 amide bonds. The van der Waals surface area contributed by atoms with Gasteiger partial charge in [-0.3, -0.25) is 18.6 Å². The Bertz CT molecular complexity index is 953. The Morgan fingerprint density at radius 3 is 1.08 bits per heavy atom. The Morgan fingerprint density at radius 2 is 0.750 bits per heavy atom. The SMILES string of the molecule is CCCCCCCCCCCCCCCCCCCCCCCC(=O)NCCOP(=O)(O)OCC(O)COC(=O)CCCCCCCCCCCCCCCCCCCC. The van der Waals surface area contributed by atoms with Gasteiger partial charge in [0.15, 0.2) is 0 Å². The molecule has 0 saturated carbocycles. The summed E-state index contributed by atoms with van der Waals surface area (Å²) in [6.07, 6.45) is 50.4. The van der Waals surface area contributed by atoms with E-state index in [1.54, 1.807) is 0 Å². The van der Waals surface area contributed by atoms with Crippen molar-refractivity contribution < 1.29 is 37.9 Å². The first-order chi connectivity index (χ1) is 29.3. The summed E-state index contributed by atoms with van der Waals surface area (Å²) in [5.74, 6) is -0.498. The molecule has 60 heavy (non-hydrogen) atoms. The van der Waals surface area contributed by atoms with Crippen LogP contribution in [0.3, 0.4) is 0 Å². The van der Waals surface area contributed by atoms with E-state index in [1.165, 1.54) is 212 Å². The molecule has 0 spiro atoms. The molecule has 0 aromatic carbocycles. The van der Waals surface area contributed by atoms with Gasteiger partial charge in [-0.2, -0.15) is 0 Å². The number of aliphatic hydroxyl groups excluding tert-OH is 1. The summed E-state index contributed by atoms with van der Waals surface area (Å²) in [7, 11) is -4.41. The number of unbranched alkanes of at least 4 members (excludes halogenated alkanes) is 37. The highest BCUT2D eigenvalue weighted by atomic mass is 31.2. The fraction of sp³-hybridized carbons (Fsp3) is 0.960. The molecule has 0 heterocycles. The highest BCUT2D eigenvalue weighted by molar-refractivity contribution is 7.47. The number of phosphoric ester groups is 1. The average Bonchev–Trinajstić information content (AvgIpc) is 3.23. The van der Waals surface area contributed by atoms with Crippen LogP contribution >= 0.6 is 7.82 Å². The summed E-state index contributed by atoms with van der Waals surface area (Å²) in [5, 5.41) is 12.8. The average molecular weight is 874 g/mol. The summed E-state index contributed by atoms with van der Waals surface area (Å²) in [5.41, 5.74) is 0. The molecule has 0 aromatic rings. The van der Waals surface area contributed by atoms with Crippen LogP contribution in [-0.2, 0) is 27.9 Å². The van der Waals surface area contributed by atoms with Crippen LogP contribution < -0.4 is 5.32 Å². The smallest absolute Gasteiger partial charge is 0.463 e. The number of phosphoric acid groups is 1. The molecular formula is C50H100NO8P. The number of nitrogens with one attached hydrogen (secondary N) is 1. The van der Waals surface area contributed by atoms with Gasteiger partial charge < -0.3 is 20.1 Å². The summed E-state index contributed by atoms with van der Waals surface area (Å²) >= 11 is 0. The first-order valence-corrected chi connectivity index (χ1v) is 27.5. The lowest BCUT2D eigenvalue weighted by atomic mass is 10.0. The topological polar surface area (TPSA) is 131 Å². The van der Waals surface area contributed by atoms with E-state index in [9.17, 15) is 24.2 Å². The van der Waals surface area contributed by atoms with E-state index in [1.807, 2.05) is 0 Å². The summed E-state index contributed by atoms with van der Waals surface area (Å²) in [4.78, 5) is 34.1. The predicted molar refractivity (Wildman–Crippen MR) is 252 cm³/mol. The fourth-order valence-electron chi connectivity index (χ4n) is 7.86. The molecule has 0 rings (SSSR count). The molecule has 0 aromatic heterocycles. The Morgan fingerprint density at radius 1 is 0.450 bits per heavy atom. The number of carbonyl (C=O) groups is 2. The van der Waals surface area contributed by atoms with E-state index in [2.05, 4.69) is 19.2 Å². The van der Waals surface area contributed by atoms with Crippen molar-refractivity contribution in [3.8, 4) is 0 Å². The van der Waals surface area contributed by atoms with Crippen molar-refractivity contribution in [2.75, 3.05) is 26.4 Å². The van der Waals surface area contributed by atoms with Gasteiger partial charge in [0.25, 0.3) is 0 Å². The molecule has 3 N–H and O–H groups in total. The zero-order valence-corrected chi connectivity index (χ0v) is 40.6. The molecule has 0 bridgehead atoms. The number of hydrogen-bond donors (Lipinski definition) is 3. The van der Waals surface area contributed by atoms with Crippen LogP contribution in [0.2, 0.25) is 0 Å². The zero-order valence-electron chi connectivity index (χ0n) is 39.7. The monoisotopic (exact) mass is 874 g/mol. The largest absolute Gasteiger partial charge is 0.472 e. The minimum Gasteiger partial charge on any atom is -0.463 e. The third-order valence-electron chi connectivity index (χ3n) is 11.8. The normalized spacial score (nSPS) is 13.1. The van der Waals surface area contributed by atoms with Gasteiger partial charge in [-0.15, -0.1) is 0 Å². The number of esters is 1. The Kier molecular flexibility index (Phi) is 46.7. The van der Waals surface area contributed by atoms with Crippen molar-refractivity contribution in [1.82, 2.24) is 5.32 Å². The molecule has 358 valence electrons. The minimum absolute atomic E-state index is 0.0889.